The summed E-state index contributed by atoms with van der Waals surface area (Å²) in [6, 6.07) is 6.38. The first-order valence-electron chi connectivity index (χ1n) is 13.6. The van der Waals surface area contributed by atoms with Crippen LogP contribution in [0.5, 0.6) is 0 Å². The fourth-order valence-electron chi connectivity index (χ4n) is 4.89. The van der Waals surface area contributed by atoms with Gasteiger partial charge in [-0.1, -0.05) is 45.0 Å². The van der Waals surface area contributed by atoms with Crippen LogP contribution in [0.4, 0.5) is 0 Å². The van der Waals surface area contributed by atoms with Crippen LogP contribution < -0.4 is 10.6 Å². The third-order valence-corrected chi connectivity index (χ3v) is 7.88. The van der Waals surface area contributed by atoms with Gasteiger partial charge in [0, 0.05) is 30.8 Å². The molecule has 2 heterocycles. The molecule has 218 valence electrons. The molecule has 4 atom stereocenters. The number of carbonyl (C=O) groups is 4. The van der Waals surface area contributed by atoms with Crippen molar-refractivity contribution in [3.63, 3.8) is 0 Å². The molecule has 1 aromatic carbocycles. The SMILES string of the molecule is CC(=O)C[C@H](C(=O)N1C[C@H](O)C[C@H]1C(=O)N[C@@H](C)c1ccc(-c2scnc2C(=O)NC(C)(C)C)cc1)C(C)(C)C. The van der Waals surface area contributed by atoms with Gasteiger partial charge in [0.25, 0.3) is 5.91 Å². The number of aromatic nitrogens is 1. The minimum absolute atomic E-state index is 0.0600. The zero-order valence-corrected chi connectivity index (χ0v) is 25.5. The topological polar surface area (TPSA) is 129 Å². The molecule has 0 aliphatic carbocycles. The van der Waals surface area contributed by atoms with Crippen molar-refractivity contribution in [3.8, 4) is 10.4 Å². The van der Waals surface area contributed by atoms with Crippen molar-refractivity contribution >= 4 is 34.8 Å². The largest absolute Gasteiger partial charge is 0.391 e. The second-order valence-corrected chi connectivity index (χ2v) is 13.7. The van der Waals surface area contributed by atoms with Crippen LogP contribution in [-0.2, 0) is 14.4 Å². The van der Waals surface area contributed by atoms with E-state index in [1.807, 2.05) is 72.7 Å². The van der Waals surface area contributed by atoms with E-state index < -0.39 is 23.5 Å². The summed E-state index contributed by atoms with van der Waals surface area (Å²) in [6.45, 7) is 14.8. The zero-order valence-electron chi connectivity index (χ0n) is 24.7. The summed E-state index contributed by atoms with van der Waals surface area (Å²) in [5.74, 6) is -1.54. The number of Topliss-reactive ketones (excluding diaryl/α,β-unsaturated/α-hetero) is 1. The molecule has 1 saturated heterocycles. The van der Waals surface area contributed by atoms with Gasteiger partial charge < -0.3 is 25.4 Å². The van der Waals surface area contributed by atoms with Crippen LogP contribution in [0, 0.1) is 11.3 Å². The van der Waals surface area contributed by atoms with E-state index >= 15 is 0 Å². The predicted octanol–water partition coefficient (Wildman–Crippen LogP) is 4.12. The van der Waals surface area contributed by atoms with Crippen molar-refractivity contribution in [3.05, 3.63) is 41.0 Å². The van der Waals surface area contributed by atoms with E-state index in [1.54, 1.807) is 5.51 Å². The lowest BCUT2D eigenvalue weighted by molar-refractivity contribution is -0.146. The van der Waals surface area contributed by atoms with Crippen LogP contribution in [0.15, 0.2) is 29.8 Å². The van der Waals surface area contributed by atoms with Gasteiger partial charge in [-0.15, -0.1) is 11.3 Å². The Kier molecular flexibility index (Phi) is 9.57. The van der Waals surface area contributed by atoms with Crippen molar-refractivity contribution in [2.75, 3.05) is 6.54 Å². The summed E-state index contributed by atoms with van der Waals surface area (Å²) < 4.78 is 0. The molecule has 40 heavy (non-hydrogen) atoms. The first kappa shape index (κ1) is 31.4. The maximum atomic E-state index is 13.5. The molecule has 0 radical (unpaired) electrons. The Morgan fingerprint density at radius 1 is 1.10 bits per heavy atom. The number of hydrogen-bond acceptors (Lipinski definition) is 7. The standard InChI is InChI=1S/C30H42N4O5S/c1-17(35)13-22(29(3,4)5)28(39)34-15-21(36)14-23(34)26(37)32-18(2)19-9-11-20(12-10-19)25-24(31-16-40-25)27(38)33-30(6,7)8/h9-12,16,18,21-23,36H,13-15H2,1-8H3,(H,32,37)(H,33,38)/t18-,21+,22+,23-/m0/s1. The average molecular weight is 571 g/mol. The zero-order chi connectivity index (χ0) is 30.0. The van der Waals surface area contributed by atoms with Gasteiger partial charge in [-0.25, -0.2) is 4.98 Å². The van der Waals surface area contributed by atoms with Gasteiger partial charge in [0.1, 0.15) is 17.5 Å². The monoisotopic (exact) mass is 570 g/mol. The second kappa shape index (κ2) is 12.2. The Bertz CT molecular complexity index is 1240. The van der Waals surface area contributed by atoms with E-state index in [9.17, 15) is 24.3 Å². The molecule has 1 aliphatic rings. The summed E-state index contributed by atoms with van der Waals surface area (Å²) >= 11 is 1.39. The number of ketones is 1. The lowest BCUT2D eigenvalue weighted by atomic mass is 9.77. The van der Waals surface area contributed by atoms with E-state index in [-0.39, 0.29) is 54.5 Å². The number of rotatable bonds is 8. The van der Waals surface area contributed by atoms with E-state index in [1.165, 1.54) is 23.2 Å². The molecule has 0 unspecified atom stereocenters. The Hall–Kier alpha value is -3.11. The molecule has 3 N–H and O–H groups in total. The molecule has 0 spiro atoms. The van der Waals surface area contributed by atoms with Crippen LogP contribution in [0.3, 0.4) is 0 Å². The van der Waals surface area contributed by atoms with Crippen LogP contribution >= 0.6 is 11.3 Å². The van der Waals surface area contributed by atoms with Crippen molar-refractivity contribution in [2.45, 2.75) is 92.0 Å². The van der Waals surface area contributed by atoms with Gasteiger partial charge in [0.05, 0.1) is 22.5 Å². The Morgan fingerprint density at radius 3 is 2.27 bits per heavy atom. The van der Waals surface area contributed by atoms with E-state index in [2.05, 4.69) is 15.6 Å². The number of aliphatic hydroxyl groups is 1. The summed E-state index contributed by atoms with van der Waals surface area (Å²) in [4.78, 5) is 57.9. The highest BCUT2D eigenvalue weighted by molar-refractivity contribution is 7.13. The highest BCUT2D eigenvalue weighted by atomic mass is 32.1. The molecule has 3 rings (SSSR count). The summed E-state index contributed by atoms with van der Waals surface area (Å²) in [7, 11) is 0. The minimum Gasteiger partial charge on any atom is -0.391 e. The third-order valence-electron chi connectivity index (χ3n) is 7.00. The average Bonchev–Trinajstić information content (AvgIpc) is 3.47. The number of β-amino-alcohol motifs (C(OH)–C–C–N with tert-alkyl or cyclic N) is 1. The van der Waals surface area contributed by atoms with Crippen molar-refractivity contribution < 1.29 is 24.3 Å². The number of nitrogens with zero attached hydrogens (tertiary/aromatic N) is 2. The lowest BCUT2D eigenvalue weighted by Crippen LogP contribution is -2.50. The number of amides is 3. The fraction of sp³-hybridized carbons (Fsp3) is 0.567. The van der Waals surface area contributed by atoms with Crippen LogP contribution in [0.1, 0.15) is 90.3 Å². The third kappa shape index (κ3) is 7.75. The number of thiazole rings is 1. The Balaban J connectivity index is 1.73. The van der Waals surface area contributed by atoms with Crippen molar-refractivity contribution in [2.24, 2.45) is 11.3 Å². The normalized spacial score (nSPS) is 19.2. The molecule has 2 aromatic rings. The van der Waals surface area contributed by atoms with Crippen LogP contribution in [0.25, 0.3) is 10.4 Å². The van der Waals surface area contributed by atoms with Gasteiger partial charge in [-0.3, -0.25) is 14.4 Å². The minimum atomic E-state index is -0.817. The molecule has 1 fully saturated rings. The van der Waals surface area contributed by atoms with Gasteiger partial charge in [-0.05, 0) is 51.2 Å². The van der Waals surface area contributed by atoms with E-state index in [0.29, 0.717) is 5.69 Å². The van der Waals surface area contributed by atoms with Gasteiger partial charge in [0.15, 0.2) is 0 Å². The molecule has 0 bridgehead atoms. The van der Waals surface area contributed by atoms with Crippen molar-refractivity contribution in [1.29, 1.82) is 0 Å². The second-order valence-electron chi connectivity index (χ2n) is 12.8. The molecule has 1 aliphatic heterocycles. The van der Waals surface area contributed by atoms with Gasteiger partial charge >= 0.3 is 0 Å². The number of aliphatic hydroxyl groups excluding tert-OH is 1. The van der Waals surface area contributed by atoms with E-state index in [4.69, 9.17) is 0 Å². The smallest absolute Gasteiger partial charge is 0.271 e. The summed E-state index contributed by atoms with van der Waals surface area (Å²) in [6.07, 6.45) is -0.577. The number of carbonyl (C=O) groups excluding carboxylic acids is 4. The first-order chi connectivity index (χ1) is 18.5. The maximum absolute atomic E-state index is 13.5. The van der Waals surface area contributed by atoms with E-state index in [0.717, 1.165) is 16.0 Å². The molecule has 1 aromatic heterocycles. The Labute approximate surface area is 240 Å². The lowest BCUT2D eigenvalue weighted by Gasteiger charge is -2.34. The van der Waals surface area contributed by atoms with Crippen molar-refractivity contribution in [1.82, 2.24) is 20.5 Å². The Morgan fingerprint density at radius 2 is 1.73 bits per heavy atom. The summed E-state index contributed by atoms with van der Waals surface area (Å²) in [5.41, 5.74) is 2.86. The first-order valence-corrected chi connectivity index (χ1v) is 14.5. The molecular formula is C30H42N4O5S. The number of benzene rings is 1. The fourth-order valence-corrected chi connectivity index (χ4v) is 5.68. The predicted molar refractivity (Wildman–Crippen MR) is 156 cm³/mol. The van der Waals surface area contributed by atoms with Crippen LogP contribution in [-0.4, -0.2) is 62.7 Å². The molecule has 10 heteroatoms. The molecule has 9 nitrogen and oxygen atoms in total. The van der Waals surface area contributed by atoms with Crippen LogP contribution in [0.2, 0.25) is 0 Å². The number of likely N-dealkylation sites (tertiary alicyclic amines) is 1. The van der Waals surface area contributed by atoms with Gasteiger partial charge in [-0.2, -0.15) is 0 Å². The highest BCUT2D eigenvalue weighted by Crippen LogP contribution is 2.34. The maximum Gasteiger partial charge on any atom is 0.271 e. The number of hydrogen-bond donors (Lipinski definition) is 3. The quantitative estimate of drug-likeness (QED) is 0.438. The van der Waals surface area contributed by atoms with Gasteiger partial charge in [0.2, 0.25) is 11.8 Å². The number of nitrogens with one attached hydrogen (secondary N) is 2. The molecule has 0 saturated carbocycles. The summed E-state index contributed by atoms with van der Waals surface area (Å²) in [5, 5.41) is 16.3. The molecule has 3 amide bonds. The highest BCUT2D eigenvalue weighted by Gasteiger charge is 2.44. The molecular weight excluding hydrogens is 528 g/mol.